The maximum atomic E-state index is 6.22. The van der Waals surface area contributed by atoms with Gasteiger partial charge in [0.1, 0.15) is 5.60 Å². The van der Waals surface area contributed by atoms with Crippen LogP contribution in [0.1, 0.15) is 92.9 Å². The van der Waals surface area contributed by atoms with Gasteiger partial charge < -0.3 is 0 Å². The first-order valence-electron chi connectivity index (χ1n) is 8.99. The molecule has 2 aliphatic rings. The summed E-state index contributed by atoms with van der Waals surface area (Å²) in [5.41, 5.74) is 0.190. The van der Waals surface area contributed by atoms with Gasteiger partial charge in [0.05, 0.1) is 5.60 Å². The molecule has 0 aromatic carbocycles. The fourth-order valence-electron chi connectivity index (χ4n) is 4.66. The van der Waals surface area contributed by atoms with Crippen LogP contribution in [-0.2, 0) is 9.78 Å². The first-order chi connectivity index (χ1) is 9.62. The molecule has 0 aliphatic heterocycles. The molecule has 2 saturated carbocycles. The van der Waals surface area contributed by atoms with Crippen LogP contribution in [0, 0.1) is 17.3 Å². The minimum Gasteiger partial charge on any atom is -0.230 e. The molecule has 0 amide bonds. The quantitative estimate of drug-likeness (QED) is 0.477. The van der Waals surface area contributed by atoms with Crippen LogP contribution in [0.5, 0.6) is 0 Å². The van der Waals surface area contributed by atoms with E-state index in [1.54, 1.807) is 0 Å². The van der Waals surface area contributed by atoms with E-state index in [1.165, 1.54) is 51.4 Å². The lowest BCUT2D eigenvalue weighted by Crippen LogP contribution is -2.48. The summed E-state index contributed by atoms with van der Waals surface area (Å²) < 4.78 is 0. The van der Waals surface area contributed by atoms with Gasteiger partial charge in [0.2, 0.25) is 0 Å². The molecular weight excluding hydrogens is 260 g/mol. The zero-order valence-corrected chi connectivity index (χ0v) is 15.1. The summed E-state index contributed by atoms with van der Waals surface area (Å²) in [5.74, 6) is 1.45. The molecule has 21 heavy (non-hydrogen) atoms. The average Bonchev–Trinajstić information content (AvgIpc) is 2.34. The zero-order chi connectivity index (χ0) is 15.7. The van der Waals surface area contributed by atoms with Gasteiger partial charge in [0.25, 0.3) is 0 Å². The molecule has 2 rings (SSSR count). The average molecular weight is 296 g/mol. The molecule has 0 bridgehead atoms. The van der Waals surface area contributed by atoms with Crippen LogP contribution in [0.3, 0.4) is 0 Å². The molecule has 2 fully saturated rings. The van der Waals surface area contributed by atoms with Gasteiger partial charge in [0, 0.05) is 0 Å². The highest BCUT2D eigenvalue weighted by Crippen LogP contribution is 2.51. The van der Waals surface area contributed by atoms with E-state index in [4.69, 9.17) is 9.78 Å². The van der Waals surface area contributed by atoms with Crippen molar-refractivity contribution < 1.29 is 9.78 Å². The molecule has 2 nitrogen and oxygen atoms in total. The van der Waals surface area contributed by atoms with Gasteiger partial charge in [-0.05, 0) is 70.1 Å². The van der Waals surface area contributed by atoms with E-state index >= 15 is 0 Å². The first kappa shape index (κ1) is 17.3. The third-order valence-electron chi connectivity index (χ3n) is 5.29. The summed E-state index contributed by atoms with van der Waals surface area (Å²) in [6.45, 7) is 13.5. The lowest BCUT2D eigenvalue weighted by molar-refractivity contribution is -0.421. The monoisotopic (exact) mass is 296 g/mol. The van der Waals surface area contributed by atoms with Gasteiger partial charge in [-0.15, -0.1) is 0 Å². The SMILES string of the molecule is CC1CC(C2(OOC(C)(C)C)CCCCC2)CC(C)(C)C1. The van der Waals surface area contributed by atoms with Crippen LogP contribution >= 0.6 is 0 Å². The highest BCUT2D eigenvalue weighted by atomic mass is 17.2. The maximum Gasteiger partial charge on any atom is 0.106 e. The van der Waals surface area contributed by atoms with Crippen molar-refractivity contribution >= 4 is 0 Å². The Balaban J connectivity index is 2.14. The van der Waals surface area contributed by atoms with Crippen molar-refractivity contribution in [1.29, 1.82) is 0 Å². The molecule has 0 saturated heterocycles. The predicted octanol–water partition coefficient (Wildman–Crippen LogP) is 5.90. The van der Waals surface area contributed by atoms with Crippen molar-refractivity contribution in [2.24, 2.45) is 17.3 Å². The number of hydrogen-bond acceptors (Lipinski definition) is 2. The van der Waals surface area contributed by atoms with Gasteiger partial charge in [-0.1, -0.05) is 40.0 Å². The Morgan fingerprint density at radius 3 is 2.10 bits per heavy atom. The highest BCUT2D eigenvalue weighted by molar-refractivity contribution is 4.96. The highest BCUT2D eigenvalue weighted by Gasteiger charge is 2.47. The summed E-state index contributed by atoms with van der Waals surface area (Å²) in [5, 5.41) is 0. The number of hydrogen-bond donors (Lipinski definition) is 0. The maximum absolute atomic E-state index is 6.22. The van der Waals surface area contributed by atoms with Crippen molar-refractivity contribution in [3.8, 4) is 0 Å². The standard InChI is InChI=1S/C19H36O2/c1-15-12-16(14-18(5,6)13-15)19(10-8-7-9-11-19)21-20-17(2,3)4/h15-16H,7-14H2,1-6H3. The van der Waals surface area contributed by atoms with Crippen molar-refractivity contribution in [3.05, 3.63) is 0 Å². The second kappa shape index (κ2) is 6.20. The topological polar surface area (TPSA) is 18.5 Å². The van der Waals surface area contributed by atoms with Crippen LogP contribution < -0.4 is 0 Å². The van der Waals surface area contributed by atoms with Crippen molar-refractivity contribution in [2.75, 3.05) is 0 Å². The summed E-state index contributed by atoms with van der Waals surface area (Å²) in [7, 11) is 0. The van der Waals surface area contributed by atoms with Crippen LogP contribution in [-0.4, -0.2) is 11.2 Å². The second-order valence-corrected chi connectivity index (χ2v) is 9.51. The molecule has 2 unspecified atom stereocenters. The summed E-state index contributed by atoms with van der Waals surface area (Å²) >= 11 is 0. The Hall–Kier alpha value is -0.0800. The minimum absolute atomic E-state index is 0.0303. The normalized spacial score (nSPS) is 32.9. The molecule has 2 aliphatic carbocycles. The van der Waals surface area contributed by atoms with E-state index < -0.39 is 0 Å². The molecule has 0 heterocycles. The lowest BCUT2D eigenvalue weighted by Gasteiger charge is -2.49. The van der Waals surface area contributed by atoms with Gasteiger partial charge >= 0.3 is 0 Å². The van der Waals surface area contributed by atoms with E-state index in [9.17, 15) is 0 Å². The van der Waals surface area contributed by atoms with E-state index in [2.05, 4.69) is 41.5 Å². The zero-order valence-electron chi connectivity index (χ0n) is 15.1. The third kappa shape index (κ3) is 4.69. The van der Waals surface area contributed by atoms with E-state index in [0.717, 1.165) is 5.92 Å². The molecule has 0 aromatic rings. The Bertz CT molecular complexity index is 334. The summed E-state index contributed by atoms with van der Waals surface area (Å²) in [6, 6.07) is 0. The largest absolute Gasteiger partial charge is 0.230 e. The van der Waals surface area contributed by atoms with Crippen molar-refractivity contribution in [3.63, 3.8) is 0 Å². The fourth-order valence-corrected chi connectivity index (χ4v) is 4.66. The molecular formula is C19H36O2. The van der Waals surface area contributed by atoms with Crippen LogP contribution in [0.4, 0.5) is 0 Å². The second-order valence-electron chi connectivity index (χ2n) is 9.51. The molecule has 2 atom stereocenters. The van der Waals surface area contributed by atoms with Crippen molar-refractivity contribution in [1.82, 2.24) is 0 Å². The first-order valence-corrected chi connectivity index (χ1v) is 8.99. The fraction of sp³-hybridized carbons (Fsp3) is 1.00. The molecule has 0 N–H and O–H groups in total. The van der Waals surface area contributed by atoms with Crippen LogP contribution in [0.25, 0.3) is 0 Å². The minimum atomic E-state index is -0.222. The summed E-state index contributed by atoms with van der Waals surface area (Å²) in [6.07, 6.45) is 10.2. The third-order valence-corrected chi connectivity index (χ3v) is 5.29. The van der Waals surface area contributed by atoms with Gasteiger partial charge in [0.15, 0.2) is 0 Å². The van der Waals surface area contributed by atoms with Crippen LogP contribution in [0.2, 0.25) is 0 Å². The van der Waals surface area contributed by atoms with E-state index in [0.29, 0.717) is 11.3 Å². The van der Waals surface area contributed by atoms with Gasteiger partial charge in [-0.3, -0.25) is 0 Å². The molecule has 0 aromatic heterocycles. The van der Waals surface area contributed by atoms with E-state index in [-0.39, 0.29) is 11.2 Å². The molecule has 0 spiro atoms. The Labute approximate surface area is 131 Å². The molecule has 124 valence electrons. The van der Waals surface area contributed by atoms with Gasteiger partial charge in [-0.2, -0.15) is 0 Å². The summed E-state index contributed by atoms with van der Waals surface area (Å²) in [4.78, 5) is 12.0. The molecule has 2 heteroatoms. The van der Waals surface area contributed by atoms with Crippen molar-refractivity contribution in [2.45, 2.75) is 104 Å². The van der Waals surface area contributed by atoms with Crippen LogP contribution in [0.15, 0.2) is 0 Å². The Morgan fingerprint density at radius 1 is 0.952 bits per heavy atom. The smallest absolute Gasteiger partial charge is 0.106 e. The van der Waals surface area contributed by atoms with E-state index in [1.807, 2.05) is 0 Å². The Kier molecular flexibility index (Phi) is 5.10. The van der Waals surface area contributed by atoms with Gasteiger partial charge in [-0.25, -0.2) is 9.78 Å². The molecule has 0 radical (unpaired) electrons. The lowest BCUT2D eigenvalue weighted by atomic mass is 9.61. The number of rotatable bonds is 3. The Morgan fingerprint density at radius 2 is 1.57 bits per heavy atom. The predicted molar refractivity (Wildman–Crippen MR) is 88.0 cm³/mol.